The Morgan fingerprint density at radius 3 is 2.69 bits per heavy atom. The van der Waals surface area contributed by atoms with Gasteiger partial charge in [-0.3, -0.25) is 10.1 Å². The standard InChI is InChI=1S/C18H17ClN6O4/c1-4-29-17(26)13-9-20-18(24-11(3)7-10(2)23-24)22-16(13)21-15-6-5-12(25(27)28)8-14(15)19/h5-9H,4H2,1-3H3,(H,20,21,22). The smallest absolute Gasteiger partial charge is 0.343 e. The molecule has 1 aromatic carbocycles. The third-order valence-corrected chi connectivity index (χ3v) is 4.20. The van der Waals surface area contributed by atoms with Crippen LogP contribution in [0.15, 0.2) is 30.5 Å². The van der Waals surface area contributed by atoms with Crippen LogP contribution in [-0.2, 0) is 4.74 Å². The van der Waals surface area contributed by atoms with Crippen LogP contribution in [0.1, 0.15) is 28.7 Å². The molecule has 0 saturated heterocycles. The van der Waals surface area contributed by atoms with Gasteiger partial charge in [0.15, 0.2) is 5.82 Å². The molecule has 3 aromatic rings. The lowest BCUT2D eigenvalue weighted by Gasteiger charge is -2.13. The predicted molar refractivity (Wildman–Crippen MR) is 106 cm³/mol. The first-order valence-corrected chi connectivity index (χ1v) is 8.96. The summed E-state index contributed by atoms with van der Waals surface area (Å²) in [5.74, 6) is -0.242. The van der Waals surface area contributed by atoms with Crippen molar-refractivity contribution in [3.63, 3.8) is 0 Å². The largest absolute Gasteiger partial charge is 0.462 e. The molecule has 0 aliphatic carbocycles. The van der Waals surface area contributed by atoms with Gasteiger partial charge in [0.05, 0.1) is 27.9 Å². The van der Waals surface area contributed by atoms with Gasteiger partial charge in [0.1, 0.15) is 5.56 Å². The summed E-state index contributed by atoms with van der Waals surface area (Å²) in [5, 5.41) is 18.3. The Kier molecular flexibility index (Phi) is 5.74. The van der Waals surface area contributed by atoms with Crippen molar-refractivity contribution in [3.05, 3.63) is 62.6 Å². The Morgan fingerprint density at radius 2 is 2.10 bits per heavy atom. The molecular formula is C18H17ClN6O4. The lowest BCUT2D eigenvalue weighted by molar-refractivity contribution is -0.384. The van der Waals surface area contributed by atoms with Crippen LogP contribution in [0.25, 0.3) is 5.95 Å². The van der Waals surface area contributed by atoms with Crippen molar-refractivity contribution in [3.8, 4) is 5.95 Å². The van der Waals surface area contributed by atoms with E-state index in [2.05, 4.69) is 20.4 Å². The van der Waals surface area contributed by atoms with E-state index in [0.717, 1.165) is 11.4 Å². The summed E-state index contributed by atoms with van der Waals surface area (Å²) in [6.45, 7) is 5.55. The minimum absolute atomic E-state index is 0.0894. The number of carbonyl (C=O) groups is 1. The number of rotatable bonds is 6. The molecule has 0 saturated carbocycles. The fourth-order valence-corrected chi connectivity index (χ4v) is 2.83. The molecule has 0 spiro atoms. The second kappa shape index (κ2) is 8.23. The van der Waals surface area contributed by atoms with E-state index in [1.54, 1.807) is 6.92 Å². The summed E-state index contributed by atoms with van der Waals surface area (Å²) < 4.78 is 6.59. The van der Waals surface area contributed by atoms with Gasteiger partial charge in [-0.1, -0.05) is 11.6 Å². The van der Waals surface area contributed by atoms with Gasteiger partial charge in [0.2, 0.25) is 0 Å². The summed E-state index contributed by atoms with van der Waals surface area (Å²) in [6.07, 6.45) is 1.33. The maximum atomic E-state index is 12.3. The molecule has 3 rings (SSSR count). The molecule has 29 heavy (non-hydrogen) atoms. The van der Waals surface area contributed by atoms with E-state index < -0.39 is 10.9 Å². The molecule has 10 nitrogen and oxygen atoms in total. The van der Waals surface area contributed by atoms with Crippen LogP contribution in [-0.4, -0.2) is 37.2 Å². The molecule has 0 bridgehead atoms. The summed E-state index contributed by atoms with van der Waals surface area (Å²) in [4.78, 5) is 31.3. The van der Waals surface area contributed by atoms with Crippen molar-refractivity contribution in [1.29, 1.82) is 0 Å². The number of nitro benzene ring substituents is 1. The number of aromatic nitrogens is 4. The molecular weight excluding hydrogens is 400 g/mol. The van der Waals surface area contributed by atoms with Crippen LogP contribution >= 0.6 is 11.6 Å². The van der Waals surface area contributed by atoms with Crippen molar-refractivity contribution in [2.75, 3.05) is 11.9 Å². The molecule has 0 aliphatic heterocycles. The molecule has 0 atom stereocenters. The van der Waals surface area contributed by atoms with E-state index in [1.807, 2.05) is 19.9 Å². The topological polar surface area (TPSA) is 125 Å². The third-order valence-electron chi connectivity index (χ3n) is 3.89. The van der Waals surface area contributed by atoms with Crippen LogP contribution in [0.4, 0.5) is 17.2 Å². The van der Waals surface area contributed by atoms with Gasteiger partial charge in [0, 0.05) is 24.0 Å². The minimum atomic E-state index is -0.618. The summed E-state index contributed by atoms with van der Waals surface area (Å²) in [6, 6.07) is 5.79. The zero-order valence-corrected chi connectivity index (χ0v) is 16.6. The summed E-state index contributed by atoms with van der Waals surface area (Å²) in [7, 11) is 0. The fourth-order valence-electron chi connectivity index (χ4n) is 2.61. The quantitative estimate of drug-likeness (QED) is 0.365. The number of halogens is 1. The molecule has 0 unspecified atom stereocenters. The Bertz CT molecular complexity index is 1100. The normalized spacial score (nSPS) is 10.6. The average Bonchev–Trinajstić information content (AvgIpc) is 3.01. The first-order chi connectivity index (χ1) is 13.8. The van der Waals surface area contributed by atoms with Crippen molar-refractivity contribution >= 4 is 34.8 Å². The number of hydrogen-bond acceptors (Lipinski definition) is 8. The van der Waals surface area contributed by atoms with Gasteiger partial charge in [-0.2, -0.15) is 10.1 Å². The molecule has 0 fully saturated rings. The Hall–Kier alpha value is -3.53. The highest BCUT2D eigenvalue weighted by molar-refractivity contribution is 6.33. The fraction of sp³-hybridized carbons (Fsp3) is 0.222. The number of non-ortho nitro benzene ring substituents is 1. The van der Waals surface area contributed by atoms with E-state index in [0.29, 0.717) is 5.69 Å². The second-order valence-corrected chi connectivity index (χ2v) is 6.45. The number of carbonyl (C=O) groups excluding carboxylic acids is 1. The highest BCUT2D eigenvalue weighted by Crippen LogP contribution is 2.30. The van der Waals surface area contributed by atoms with E-state index in [4.69, 9.17) is 16.3 Å². The number of aryl methyl sites for hydroxylation is 2. The SMILES string of the molecule is CCOC(=O)c1cnc(-n2nc(C)cc2C)nc1Nc1ccc([N+](=O)[O-])cc1Cl. The number of ether oxygens (including phenoxy) is 1. The molecule has 2 heterocycles. The average molecular weight is 417 g/mol. The summed E-state index contributed by atoms with van der Waals surface area (Å²) in [5.41, 5.74) is 1.86. The molecule has 2 aromatic heterocycles. The molecule has 11 heteroatoms. The van der Waals surface area contributed by atoms with Gasteiger partial charge in [-0.05, 0) is 32.9 Å². The predicted octanol–water partition coefficient (Wildman–Crippen LogP) is 3.76. The van der Waals surface area contributed by atoms with E-state index in [-0.39, 0.29) is 34.6 Å². The number of anilines is 2. The number of hydrogen-bond donors (Lipinski definition) is 1. The second-order valence-electron chi connectivity index (χ2n) is 6.04. The van der Waals surface area contributed by atoms with E-state index in [1.165, 1.54) is 29.1 Å². The van der Waals surface area contributed by atoms with Crippen LogP contribution < -0.4 is 5.32 Å². The zero-order valence-electron chi connectivity index (χ0n) is 15.8. The number of nitrogens with one attached hydrogen (secondary N) is 1. The number of esters is 1. The van der Waals surface area contributed by atoms with Crippen LogP contribution in [0.3, 0.4) is 0 Å². The molecule has 150 valence electrons. The number of nitrogens with zero attached hydrogens (tertiary/aromatic N) is 5. The van der Waals surface area contributed by atoms with Gasteiger partial charge >= 0.3 is 5.97 Å². The van der Waals surface area contributed by atoms with Crippen LogP contribution in [0, 0.1) is 24.0 Å². The third kappa shape index (κ3) is 4.32. The first-order valence-electron chi connectivity index (χ1n) is 8.59. The van der Waals surface area contributed by atoms with Crippen molar-refractivity contribution in [2.24, 2.45) is 0 Å². The number of nitro groups is 1. The van der Waals surface area contributed by atoms with Crippen molar-refractivity contribution in [2.45, 2.75) is 20.8 Å². The molecule has 1 N–H and O–H groups in total. The molecule has 0 amide bonds. The van der Waals surface area contributed by atoms with E-state index in [9.17, 15) is 14.9 Å². The van der Waals surface area contributed by atoms with Gasteiger partial charge in [-0.15, -0.1) is 0 Å². The van der Waals surface area contributed by atoms with Gasteiger partial charge in [-0.25, -0.2) is 14.5 Å². The maximum absolute atomic E-state index is 12.3. The van der Waals surface area contributed by atoms with Crippen LogP contribution in [0.5, 0.6) is 0 Å². The molecule has 0 aliphatic rings. The first kappa shape index (κ1) is 20.2. The van der Waals surface area contributed by atoms with Crippen molar-refractivity contribution in [1.82, 2.24) is 19.7 Å². The highest BCUT2D eigenvalue weighted by atomic mass is 35.5. The summed E-state index contributed by atoms with van der Waals surface area (Å²) >= 11 is 6.16. The monoisotopic (exact) mass is 416 g/mol. The van der Waals surface area contributed by atoms with Crippen LogP contribution in [0.2, 0.25) is 5.02 Å². The van der Waals surface area contributed by atoms with Crippen molar-refractivity contribution < 1.29 is 14.5 Å². The number of benzene rings is 1. The molecule has 0 radical (unpaired) electrons. The minimum Gasteiger partial charge on any atom is -0.462 e. The lowest BCUT2D eigenvalue weighted by atomic mass is 10.2. The Morgan fingerprint density at radius 1 is 1.34 bits per heavy atom. The van der Waals surface area contributed by atoms with Gasteiger partial charge < -0.3 is 10.1 Å². The Balaban J connectivity index is 2.06. The Labute approximate surface area is 170 Å². The van der Waals surface area contributed by atoms with E-state index >= 15 is 0 Å². The zero-order chi connectivity index (χ0) is 21.1. The lowest BCUT2D eigenvalue weighted by Crippen LogP contribution is -2.13. The van der Waals surface area contributed by atoms with Gasteiger partial charge in [0.25, 0.3) is 11.6 Å². The highest BCUT2D eigenvalue weighted by Gasteiger charge is 2.19. The maximum Gasteiger partial charge on any atom is 0.343 e.